The van der Waals surface area contributed by atoms with Crippen LogP contribution < -0.4 is 4.90 Å². The number of aryl methyl sites for hydroxylation is 5. The van der Waals surface area contributed by atoms with Gasteiger partial charge in [0.05, 0.1) is 10.6 Å². The Balaban J connectivity index is 1.48. The van der Waals surface area contributed by atoms with Crippen molar-refractivity contribution in [2.75, 3.05) is 31.1 Å². The van der Waals surface area contributed by atoms with E-state index < -0.39 is 10.0 Å². The molecule has 0 spiro atoms. The molecule has 164 valence electrons. The molecule has 2 aromatic heterocycles. The maximum Gasteiger partial charge on any atom is 0.243 e. The fourth-order valence-corrected chi connectivity index (χ4v) is 6.15. The highest BCUT2D eigenvalue weighted by atomic mass is 32.2. The summed E-state index contributed by atoms with van der Waals surface area (Å²) in [6.07, 6.45) is 0. The monoisotopic (exact) mass is 440 g/mol. The van der Waals surface area contributed by atoms with E-state index in [9.17, 15) is 8.42 Å². The summed E-state index contributed by atoms with van der Waals surface area (Å²) < 4.78 is 29.9. The Bertz CT molecular complexity index is 1190. The van der Waals surface area contributed by atoms with Crippen LogP contribution in [0.4, 0.5) is 5.82 Å². The van der Waals surface area contributed by atoms with Crippen molar-refractivity contribution in [3.63, 3.8) is 0 Å². The molecule has 9 heteroatoms. The minimum Gasteiger partial charge on any atom is -0.352 e. The van der Waals surface area contributed by atoms with Crippen molar-refractivity contribution in [1.82, 2.24) is 24.3 Å². The molecule has 1 aliphatic rings. The highest BCUT2D eigenvalue weighted by Crippen LogP contribution is 2.26. The molecule has 1 fully saturated rings. The third-order valence-electron chi connectivity index (χ3n) is 5.63. The van der Waals surface area contributed by atoms with E-state index in [1.54, 1.807) is 8.99 Å². The minimum absolute atomic E-state index is 0.413. The highest BCUT2D eigenvalue weighted by molar-refractivity contribution is 7.89. The predicted octanol–water partition coefficient (Wildman–Crippen LogP) is 2.72. The molecule has 0 radical (unpaired) electrons. The Hall–Kier alpha value is -2.78. The molecule has 1 aromatic carbocycles. The highest BCUT2D eigenvalue weighted by Gasteiger charge is 2.31. The van der Waals surface area contributed by atoms with Gasteiger partial charge in [-0.25, -0.2) is 13.1 Å². The van der Waals surface area contributed by atoms with Crippen LogP contribution in [0, 0.1) is 34.6 Å². The first-order valence-electron chi connectivity index (χ1n) is 10.4. The van der Waals surface area contributed by atoms with Gasteiger partial charge in [-0.05, 0) is 63.9 Å². The molecule has 0 atom stereocenters. The van der Waals surface area contributed by atoms with Crippen LogP contribution in [0.3, 0.4) is 0 Å². The Labute approximate surface area is 183 Å². The summed E-state index contributed by atoms with van der Waals surface area (Å²) in [5.74, 6) is 1.41. The molecule has 3 aromatic rings. The zero-order valence-electron chi connectivity index (χ0n) is 18.6. The van der Waals surface area contributed by atoms with Crippen LogP contribution in [-0.2, 0) is 10.0 Å². The average molecular weight is 441 g/mol. The molecule has 1 aliphatic heterocycles. The SMILES string of the molecule is Cc1cc(C)c(S(=O)(=O)N2CCN(c3ccc(-n4nc(C)cc4C)nn3)CC2)c(C)c1. The van der Waals surface area contributed by atoms with Crippen molar-refractivity contribution in [3.05, 3.63) is 58.4 Å². The lowest BCUT2D eigenvalue weighted by Crippen LogP contribution is -2.49. The van der Waals surface area contributed by atoms with Crippen molar-refractivity contribution in [2.45, 2.75) is 39.5 Å². The molecule has 3 heterocycles. The lowest BCUT2D eigenvalue weighted by Gasteiger charge is -2.35. The van der Waals surface area contributed by atoms with Crippen LogP contribution in [0.25, 0.3) is 5.82 Å². The molecule has 1 saturated heterocycles. The van der Waals surface area contributed by atoms with Gasteiger partial charge in [-0.1, -0.05) is 17.7 Å². The van der Waals surface area contributed by atoms with E-state index in [2.05, 4.69) is 20.2 Å². The topological polar surface area (TPSA) is 84.2 Å². The van der Waals surface area contributed by atoms with Crippen LogP contribution in [0.5, 0.6) is 0 Å². The molecular weight excluding hydrogens is 412 g/mol. The number of benzene rings is 1. The summed E-state index contributed by atoms with van der Waals surface area (Å²) in [4.78, 5) is 2.50. The Kier molecular flexibility index (Phi) is 5.57. The Morgan fingerprint density at radius 3 is 1.90 bits per heavy atom. The summed E-state index contributed by atoms with van der Waals surface area (Å²) >= 11 is 0. The average Bonchev–Trinajstić information content (AvgIpc) is 3.05. The smallest absolute Gasteiger partial charge is 0.243 e. The quantitative estimate of drug-likeness (QED) is 0.620. The van der Waals surface area contributed by atoms with Gasteiger partial charge in [-0.3, -0.25) is 0 Å². The minimum atomic E-state index is -3.53. The summed E-state index contributed by atoms with van der Waals surface area (Å²) in [6.45, 7) is 11.6. The van der Waals surface area contributed by atoms with Gasteiger partial charge in [0.2, 0.25) is 10.0 Å². The van der Waals surface area contributed by atoms with E-state index >= 15 is 0 Å². The Morgan fingerprint density at radius 1 is 0.806 bits per heavy atom. The molecule has 0 unspecified atom stereocenters. The van der Waals surface area contributed by atoms with E-state index in [0.29, 0.717) is 36.9 Å². The second-order valence-electron chi connectivity index (χ2n) is 8.21. The number of rotatable bonds is 4. The van der Waals surface area contributed by atoms with E-state index in [1.807, 2.05) is 65.0 Å². The maximum atomic E-state index is 13.3. The number of hydrogen-bond donors (Lipinski definition) is 0. The van der Waals surface area contributed by atoms with Crippen LogP contribution in [0.15, 0.2) is 35.2 Å². The molecule has 8 nitrogen and oxygen atoms in total. The van der Waals surface area contributed by atoms with Crippen molar-refractivity contribution >= 4 is 15.8 Å². The van der Waals surface area contributed by atoms with E-state index in [1.165, 1.54) is 0 Å². The predicted molar refractivity (Wildman–Crippen MR) is 120 cm³/mol. The second-order valence-corrected chi connectivity index (χ2v) is 10.1. The first kappa shape index (κ1) is 21.5. The summed E-state index contributed by atoms with van der Waals surface area (Å²) in [7, 11) is -3.53. The normalized spacial score (nSPS) is 15.5. The first-order chi connectivity index (χ1) is 14.7. The lowest BCUT2D eigenvalue weighted by atomic mass is 10.1. The number of anilines is 1. The van der Waals surface area contributed by atoms with Crippen molar-refractivity contribution < 1.29 is 8.42 Å². The van der Waals surface area contributed by atoms with E-state index in [0.717, 1.165) is 33.9 Å². The van der Waals surface area contributed by atoms with Gasteiger partial charge >= 0.3 is 0 Å². The van der Waals surface area contributed by atoms with Crippen LogP contribution in [0.2, 0.25) is 0 Å². The van der Waals surface area contributed by atoms with E-state index in [4.69, 9.17) is 0 Å². The van der Waals surface area contributed by atoms with Gasteiger partial charge in [0.25, 0.3) is 0 Å². The van der Waals surface area contributed by atoms with Crippen molar-refractivity contribution in [2.24, 2.45) is 0 Å². The standard InChI is InChI=1S/C22H28N6O2S/c1-15-12-16(2)22(17(3)13-15)31(29,30)27-10-8-26(9-11-27)20-6-7-21(24-23-20)28-19(5)14-18(4)25-28/h6-7,12-14H,8-11H2,1-5H3. The third kappa shape index (κ3) is 4.07. The molecule has 0 amide bonds. The van der Waals surface area contributed by atoms with Gasteiger partial charge < -0.3 is 4.90 Å². The van der Waals surface area contributed by atoms with Gasteiger partial charge in [0.15, 0.2) is 11.6 Å². The maximum absolute atomic E-state index is 13.3. The number of piperazine rings is 1. The van der Waals surface area contributed by atoms with Crippen LogP contribution in [0.1, 0.15) is 28.1 Å². The summed E-state index contributed by atoms with van der Waals surface area (Å²) in [5, 5.41) is 13.1. The fraction of sp³-hybridized carbons (Fsp3) is 0.409. The lowest BCUT2D eigenvalue weighted by molar-refractivity contribution is 0.383. The number of nitrogens with zero attached hydrogens (tertiary/aromatic N) is 6. The van der Waals surface area contributed by atoms with Gasteiger partial charge in [-0.2, -0.15) is 9.40 Å². The molecule has 0 bridgehead atoms. The third-order valence-corrected chi connectivity index (χ3v) is 7.83. The first-order valence-corrected chi connectivity index (χ1v) is 11.8. The van der Waals surface area contributed by atoms with Gasteiger partial charge in [-0.15, -0.1) is 10.2 Å². The van der Waals surface area contributed by atoms with Crippen LogP contribution >= 0.6 is 0 Å². The molecule has 0 saturated carbocycles. The van der Waals surface area contributed by atoms with Crippen LogP contribution in [-0.4, -0.2) is 58.9 Å². The largest absolute Gasteiger partial charge is 0.352 e. The van der Waals surface area contributed by atoms with E-state index in [-0.39, 0.29) is 0 Å². The summed E-state index contributed by atoms with van der Waals surface area (Å²) in [6, 6.07) is 9.65. The van der Waals surface area contributed by atoms with Gasteiger partial charge in [0, 0.05) is 31.9 Å². The molecule has 0 N–H and O–H groups in total. The Morgan fingerprint density at radius 2 is 1.39 bits per heavy atom. The number of sulfonamides is 1. The zero-order valence-corrected chi connectivity index (χ0v) is 19.4. The molecule has 31 heavy (non-hydrogen) atoms. The second kappa shape index (κ2) is 8.05. The summed E-state index contributed by atoms with van der Waals surface area (Å²) in [5.41, 5.74) is 4.59. The number of aromatic nitrogens is 4. The fourth-order valence-electron chi connectivity index (χ4n) is 4.32. The number of hydrogen-bond acceptors (Lipinski definition) is 6. The van der Waals surface area contributed by atoms with Gasteiger partial charge in [0.1, 0.15) is 0 Å². The zero-order chi connectivity index (χ0) is 22.3. The molecule has 0 aliphatic carbocycles. The molecular formula is C22H28N6O2S. The van der Waals surface area contributed by atoms with Crippen molar-refractivity contribution in [3.8, 4) is 5.82 Å². The molecule has 4 rings (SSSR count). The van der Waals surface area contributed by atoms with Crippen molar-refractivity contribution in [1.29, 1.82) is 0 Å².